The summed E-state index contributed by atoms with van der Waals surface area (Å²) in [4.78, 5) is 53.2. The first-order valence-electron chi connectivity index (χ1n) is 14.8. The predicted molar refractivity (Wildman–Crippen MR) is 169 cm³/mol. The highest BCUT2D eigenvalue weighted by molar-refractivity contribution is 6.01. The van der Waals surface area contributed by atoms with Crippen molar-refractivity contribution in [3.05, 3.63) is 75.8 Å². The fourth-order valence-electron chi connectivity index (χ4n) is 4.67. The number of hydrogen-bond donors (Lipinski definition) is 0. The molecule has 1 heterocycles. The molecule has 3 aromatic rings. The van der Waals surface area contributed by atoms with Crippen LogP contribution < -0.4 is 9.64 Å². The first-order chi connectivity index (χ1) is 22.1. The highest BCUT2D eigenvalue weighted by atomic mass is 16.7. The third kappa shape index (κ3) is 8.55. The zero-order valence-electron chi connectivity index (χ0n) is 26.1. The minimum Gasteiger partial charge on any atom is -0.494 e. The topological polar surface area (TPSA) is 169 Å². The van der Waals surface area contributed by atoms with Crippen molar-refractivity contribution in [2.45, 2.75) is 52.9 Å². The Balaban J connectivity index is 1.35. The molecule has 1 saturated heterocycles. The van der Waals surface area contributed by atoms with E-state index in [4.69, 9.17) is 9.57 Å². The molecular formula is C32H35N7O7. The van der Waals surface area contributed by atoms with Gasteiger partial charge >= 0.3 is 5.97 Å². The first kappa shape index (κ1) is 33.4. The van der Waals surface area contributed by atoms with Crippen LogP contribution in [0.15, 0.2) is 75.1 Å². The summed E-state index contributed by atoms with van der Waals surface area (Å²) in [5.74, 6) is -1.16. The van der Waals surface area contributed by atoms with Crippen molar-refractivity contribution in [2.24, 2.45) is 20.5 Å². The average Bonchev–Trinajstić information content (AvgIpc) is 3.36. The number of aryl methyl sites for hydroxylation is 2. The Hall–Kier alpha value is -5.53. The second-order valence-corrected chi connectivity index (χ2v) is 10.6. The van der Waals surface area contributed by atoms with Crippen molar-refractivity contribution in [3.8, 4) is 5.75 Å². The molecule has 1 fully saturated rings. The number of amides is 2. The smallest absolute Gasteiger partial charge is 0.333 e. The molecule has 4 rings (SSSR count). The zero-order valence-corrected chi connectivity index (χ0v) is 26.1. The van der Waals surface area contributed by atoms with Gasteiger partial charge in [0.15, 0.2) is 5.69 Å². The number of nitro groups is 1. The van der Waals surface area contributed by atoms with Gasteiger partial charge in [-0.15, -0.1) is 20.4 Å². The van der Waals surface area contributed by atoms with Gasteiger partial charge in [0.2, 0.25) is 0 Å². The maximum Gasteiger partial charge on any atom is 0.333 e. The lowest BCUT2D eigenvalue weighted by molar-refractivity contribution is -0.384. The van der Waals surface area contributed by atoms with Crippen LogP contribution in [0.4, 0.5) is 34.1 Å². The number of azo groups is 2. The number of anilines is 1. The van der Waals surface area contributed by atoms with Gasteiger partial charge in [-0.2, -0.15) is 5.11 Å². The van der Waals surface area contributed by atoms with Gasteiger partial charge in [-0.05, 0) is 81.1 Å². The van der Waals surface area contributed by atoms with Gasteiger partial charge < -0.3 is 14.5 Å². The molecule has 1 aliphatic heterocycles. The van der Waals surface area contributed by atoms with Crippen LogP contribution in [0.25, 0.3) is 0 Å². The summed E-state index contributed by atoms with van der Waals surface area (Å²) in [6.07, 6.45) is 1.50. The van der Waals surface area contributed by atoms with Crippen molar-refractivity contribution in [1.29, 1.82) is 0 Å². The normalized spacial score (nSPS) is 13.2. The third-order valence-corrected chi connectivity index (χ3v) is 7.22. The van der Waals surface area contributed by atoms with E-state index in [-0.39, 0.29) is 30.6 Å². The fraction of sp³-hybridized carbons (Fsp3) is 0.344. The monoisotopic (exact) mass is 629 g/mol. The molecule has 0 spiro atoms. The average molecular weight is 630 g/mol. The Morgan fingerprint density at radius 3 is 2.24 bits per heavy atom. The van der Waals surface area contributed by atoms with Crippen LogP contribution in [-0.4, -0.2) is 48.0 Å². The van der Waals surface area contributed by atoms with Crippen molar-refractivity contribution in [2.75, 3.05) is 25.1 Å². The van der Waals surface area contributed by atoms with Crippen LogP contribution in [-0.2, 0) is 19.2 Å². The van der Waals surface area contributed by atoms with Crippen molar-refractivity contribution in [3.63, 3.8) is 0 Å². The molecule has 240 valence electrons. The Labute approximate surface area is 265 Å². The number of imide groups is 1. The molecule has 0 radical (unpaired) electrons. The molecule has 0 aliphatic carbocycles. The molecule has 1 aliphatic rings. The summed E-state index contributed by atoms with van der Waals surface area (Å²) in [6.45, 7) is 7.07. The molecule has 46 heavy (non-hydrogen) atoms. The van der Waals surface area contributed by atoms with Crippen molar-refractivity contribution >= 4 is 51.9 Å². The van der Waals surface area contributed by atoms with E-state index in [1.54, 1.807) is 31.2 Å². The number of nitro benzene ring substituents is 1. The van der Waals surface area contributed by atoms with Gasteiger partial charge in [0, 0.05) is 50.2 Å². The van der Waals surface area contributed by atoms with Crippen LogP contribution in [0.3, 0.4) is 0 Å². The van der Waals surface area contributed by atoms with Crippen molar-refractivity contribution in [1.82, 2.24) is 5.06 Å². The third-order valence-electron chi connectivity index (χ3n) is 7.22. The van der Waals surface area contributed by atoms with Gasteiger partial charge in [-0.25, -0.2) is 4.79 Å². The Morgan fingerprint density at radius 1 is 0.913 bits per heavy atom. The van der Waals surface area contributed by atoms with Crippen molar-refractivity contribution < 1.29 is 28.9 Å². The van der Waals surface area contributed by atoms with Crippen LogP contribution >= 0.6 is 0 Å². The number of rotatable bonds is 14. The number of unbranched alkanes of at least 4 members (excludes halogenated alkanes) is 1. The largest absolute Gasteiger partial charge is 0.494 e. The molecule has 0 bridgehead atoms. The van der Waals surface area contributed by atoms with Gasteiger partial charge in [-0.1, -0.05) is 6.07 Å². The second kappa shape index (κ2) is 15.5. The molecular weight excluding hydrogens is 594 g/mol. The lowest BCUT2D eigenvalue weighted by atomic mass is 10.1. The fourth-order valence-corrected chi connectivity index (χ4v) is 4.67. The molecule has 3 aromatic carbocycles. The van der Waals surface area contributed by atoms with E-state index in [0.717, 1.165) is 23.4 Å². The van der Waals surface area contributed by atoms with E-state index in [1.807, 2.05) is 38.1 Å². The van der Waals surface area contributed by atoms with Gasteiger partial charge in [-0.3, -0.25) is 19.7 Å². The number of carbonyl (C=O) groups is 3. The lowest BCUT2D eigenvalue weighted by Gasteiger charge is -2.23. The van der Waals surface area contributed by atoms with E-state index >= 15 is 0 Å². The lowest BCUT2D eigenvalue weighted by Crippen LogP contribution is -2.32. The SMILES string of the molecule is CCN(CCCCC(=O)ON1C(=O)CCC1=O)c1ccc(N=Nc2cc(C)c(N=Nc3ccc(C)cc3[N+](=O)[O-])cc2OC)cc1. The first-order valence-corrected chi connectivity index (χ1v) is 14.8. The second-order valence-electron chi connectivity index (χ2n) is 10.6. The summed E-state index contributed by atoms with van der Waals surface area (Å²) >= 11 is 0. The highest BCUT2D eigenvalue weighted by Crippen LogP contribution is 2.37. The number of nitrogens with zero attached hydrogens (tertiary/aromatic N) is 7. The van der Waals surface area contributed by atoms with E-state index < -0.39 is 22.7 Å². The summed E-state index contributed by atoms with van der Waals surface area (Å²) in [5, 5.41) is 29.0. The quantitative estimate of drug-likeness (QED) is 0.0575. The Kier molecular flexibility index (Phi) is 11.2. The molecule has 0 N–H and O–H groups in total. The summed E-state index contributed by atoms with van der Waals surface area (Å²) in [5.41, 5.74) is 4.08. The maximum absolute atomic E-state index is 12.0. The molecule has 14 heteroatoms. The number of benzene rings is 3. The summed E-state index contributed by atoms with van der Waals surface area (Å²) in [6, 6.07) is 15.7. The van der Waals surface area contributed by atoms with Gasteiger partial charge in [0.25, 0.3) is 17.5 Å². The Morgan fingerprint density at radius 2 is 1.59 bits per heavy atom. The standard InChI is InChI=1S/C32H35N7O7/c1-5-37(17-7-6-8-32(42)46-38-30(40)15-16-31(38)41)24-12-10-23(11-13-24)33-36-27-19-22(3)26(20-29(27)45-4)35-34-25-14-9-21(2)18-28(25)39(43)44/h9-14,18-20H,5-8,15-17H2,1-4H3. The number of ether oxygens (including phenoxy) is 1. The molecule has 0 saturated carbocycles. The maximum atomic E-state index is 12.0. The zero-order chi connectivity index (χ0) is 33.2. The number of methoxy groups -OCH3 is 1. The Bertz CT molecular complexity index is 1660. The predicted octanol–water partition coefficient (Wildman–Crippen LogP) is 7.65. The van der Waals surface area contributed by atoms with E-state index in [0.29, 0.717) is 47.3 Å². The molecule has 0 aromatic heterocycles. The van der Waals surface area contributed by atoms with Gasteiger partial charge in [0.05, 0.1) is 23.4 Å². The van der Waals surface area contributed by atoms with E-state index in [9.17, 15) is 24.5 Å². The van der Waals surface area contributed by atoms with E-state index in [1.165, 1.54) is 13.2 Å². The van der Waals surface area contributed by atoms with E-state index in [2.05, 4.69) is 25.4 Å². The minimum absolute atomic E-state index is 0.0684. The number of hydroxylamine groups is 2. The molecule has 0 atom stereocenters. The van der Waals surface area contributed by atoms with Crippen LogP contribution in [0.5, 0.6) is 5.75 Å². The molecule has 14 nitrogen and oxygen atoms in total. The van der Waals surface area contributed by atoms with Crippen LogP contribution in [0, 0.1) is 24.0 Å². The van der Waals surface area contributed by atoms with Crippen LogP contribution in [0.1, 0.15) is 50.2 Å². The number of carbonyl (C=O) groups excluding carboxylic acids is 3. The molecule has 2 amide bonds. The van der Waals surface area contributed by atoms with Gasteiger partial charge in [0.1, 0.15) is 11.4 Å². The number of hydrogen-bond acceptors (Lipinski definition) is 12. The highest BCUT2D eigenvalue weighted by Gasteiger charge is 2.32. The van der Waals surface area contributed by atoms with Crippen LogP contribution in [0.2, 0.25) is 0 Å². The molecule has 0 unspecified atom stereocenters. The summed E-state index contributed by atoms with van der Waals surface area (Å²) < 4.78 is 5.50. The summed E-state index contributed by atoms with van der Waals surface area (Å²) in [7, 11) is 1.50. The minimum atomic E-state index is -0.597.